The number of hydrogen-bond acceptors (Lipinski definition) is 5. The zero-order valence-electron chi connectivity index (χ0n) is 24.6. The van der Waals surface area contributed by atoms with Crippen molar-refractivity contribution in [2.24, 2.45) is 0 Å². The number of rotatable bonds is 5. The molecule has 0 amide bonds. The first kappa shape index (κ1) is 26.4. The fourth-order valence-electron chi connectivity index (χ4n) is 6.11. The molecule has 0 aliphatic rings. The second kappa shape index (κ2) is 10.9. The van der Waals surface area contributed by atoms with Crippen molar-refractivity contribution in [3.8, 4) is 50.4 Å². The number of benzene rings is 6. The third-order valence-electron chi connectivity index (χ3n) is 8.28. The van der Waals surface area contributed by atoms with Crippen molar-refractivity contribution in [2.45, 2.75) is 0 Å². The van der Waals surface area contributed by atoms with E-state index in [0.29, 0.717) is 17.5 Å². The van der Waals surface area contributed by atoms with Crippen LogP contribution in [-0.2, 0) is 0 Å². The van der Waals surface area contributed by atoms with Gasteiger partial charge in [0.1, 0.15) is 5.01 Å². The van der Waals surface area contributed by atoms with Crippen LogP contribution in [0.1, 0.15) is 0 Å². The molecular formula is C40H25N5S. The Bertz CT molecular complexity index is 2480. The summed E-state index contributed by atoms with van der Waals surface area (Å²) in [6, 6.07) is 52.2. The Kier molecular flexibility index (Phi) is 6.25. The fourth-order valence-corrected chi connectivity index (χ4v) is 7.06. The van der Waals surface area contributed by atoms with E-state index in [0.717, 1.165) is 54.2 Å². The van der Waals surface area contributed by atoms with Gasteiger partial charge in [0.25, 0.3) is 0 Å². The maximum Gasteiger partial charge on any atom is 0.164 e. The van der Waals surface area contributed by atoms with Crippen LogP contribution in [0.15, 0.2) is 152 Å². The topological polar surface area (TPSA) is 56.5 Å². The minimum absolute atomic E-state index is 0.613. The van der Waals surface area contributed by atoms with Crippen LogP contribution in [0.4, 0.5) is 0 Å². The number of para-hydroxylation sites is 2. The standard InChI is InChI=1S/C40H25N5S/c1-3-12-26(13-4-1)37-42-38(44-39(43-37)29-22-23-36-33(25-29)41-40(46-36)27-14-5-2-6-15-27)28-16-11-17-30(24-28)45-34-20-9-7-18-31(34)32-19-8-10-21-35(32)45/h1-25H. The number of aromatic nitrogens is 5. The summed E-state index contributed by atoms with van der Waals surface area (Å²) in [4.78, 5) is 20.0. The zero-order chi connectivity index (χ0) is 30.5. The molecule has 0 N–H and O–H groups in total. The molecule has 6 aromatic carbocycles. The Morgan fingerprint density at radius 1 is 0.413 bits per heavy atom. The molecule has 0 spiro atoms. The fraction of sp³-hybridized carbons (Fsp3) is 0. The van der Waals surface area contributed by atoms with Crippen LogP contribution < -0.4 is 0 Å². The Labute approximate surface area is 269 Å². The molecule has 0 radical (unpaired) electrons. The first-order valence-corrected chi connectivity index (χ1v) is 16.0. The van der Waals surface area contributed by atoms with Crippen LogP contribution in [0.25, 0.3) is 82.4 Å². The van der Waals surface area contributed by atoms with Gasteiger partial charge < -0.3 is 4.57 Å². The van der Waals surface area contributed by atoms with Gasteiger partial charge in [-0.15, -0.1) is 11.3 Å². The van der Waals surface area contributed by atoms with Crippen molar-refractivity contribution in [2.75, 3.05) is 0 Å². The van der Waals surface area contributed by atoms with Gasteiger partial charge in [-0.3, -0.25) is 0 Å². The largest absolute Gasteiger partial charge is 0.309 e. The van der Waals surface area contributed by atoms with E-state index in [-0.39, 0.29) is 0 Å². The lowest BCUT2D eigenvalue weighted by Gasteiger charge is -2.11. The molecule has 3 heterocycles. The van der Waals surface area contributed by atoms with E-state index in [1.54, 1.807) is 11.3 Å². The molecule has 0 unspecified atom stereocenters. The van der Waals surface area contributed by atoms with Crippen LogP contribution in [0, 0.1) is 0 Å². The van der Waals surface area contributed by atoms with Gasteiger partial charge in [-0.2, -0.15) is 0 Å². The summed E-state index contributed by atoms with van der Waals surface area (Å²) < 4.78 is 3.44. The number of fused-ring (bicyclic) bond motifs is 4. The molecule has 6 heteroatoms. The van der Waals surface area contributed by atoms with Crippen LogP contribution in [0.5, 0.6) is 0 Å². The van der Waals surface area contributed by atoms with Crippen molar-refractivity contribution in [1.82, 2.24) is 24.5 Å². The molecule has 216 valence electrons. The van der Waals surface area contributed by atoms with Gasteiger partial charge in [-0.05, 0) is 42.5 Å². The summed E-state index contributed by atoms with van der Waals surface area (Å²) >= 11 is 1.69. The summed E-state index contributed by atoms with van der Waals surface area (Å²) in [5, 5.41) is 3.45. The molecule has 9 rings (SSSR count). The van der Waals surface area contributed by atoms with Crippen molar-refractivity contribution in [3.05, 3.63) is 152 Å². The lowest BCUT2D eigenvalue weighted by molar-refractivity contribution is 1.07. The van der Waals surface area contributed by atoms with E-state index in [1.165, 1.54) is 10.8 Å². The zero-order valence-corrected chi connectivity index (χ0v) is 25.4. The molecule has 5 nitrogen and oxygen atoms in total. The average molecular weight is 608 g/mol. The predicted molar refractivity (Wildman–Crippen MR) is 189 cm³/mol. The van der Waals surface area contributed by atoms with Gasteiger partial charge in [-0.1, -0.05) is 109 Å². The second-order valence-electron chi connectivity index (χ2n) is 11.2. The highest BCUT2D eigenvalue weighted by Gasteiger charge is 2.16. The predicted octanol–water partition coefficient (Wildman–Crippen LogP) is 10.2. The van der Waals surface area contributed by atoms with E-state index in [2.05, 4.69) is 108 Å². The lowest BCUT2D eigenvalue weighted by atomic mass is 10.1. The van der Waals surface area contributed by atoms with E-state index in [9.17, 15) is 0 Å². The summed E-state index contributed by atoms with van der Waals surface area (Å²) in [7, 11) is 0. The summed E-state index contributed by atoms with van der Waals surface area (Å²) in [5.74, 6) is 1.86. The Morgan fingerprint density at radius 3 is 1.63 bits per heavy atom. The third kappa shape index (κ3) is 4.55. The van der Waals surface area contributed by atoms with Crippen LogP contribution in [-0.4, -0.2) is 24.5 Å². The SMILES string of the molecule is c1ccc(-c2nc(-c3cccc(-n4c5ccccc5c5ccccc54)c3)nc(-c3ccc4sc(-c5ccccc5)nc4c3)n2)cc1. The number of nitrogens with zero attached hydrogens (tertiary/aromatic N) is 5. The third-order valence-corrected chi connectivity index (χ3v) is 9.36. The summed E-state index contributed by atoms with van der Waals surface area (Å²) in [6.07, 6.45) is 0. The quantitative estimate of drug-likeness (QED) is 0.195. The molecule has 0 fully saturated rings. The molecule has 0 saturated carbocycles. The highest BCUT2D eigenvalue weighted by Crippen LogP contribution is 2.35. The van der Waals surface area contributed by atoms with Crippen molar-refractivity contribution in [3.63, 3.8) is 0 Å². The molecule has 9 aromatic rings. The first-order chi connectivity index (χ1) is 22.8. The average Bonchev–Trinajstić information content (AvgIpc) is 3.71. The minimum atomic E-state index is 0.613. The van der Waals surface area contributed by atoms with Crippen molar-refractivity contribution >= 4 is 43.4 Å². The first-order valence-electron chi connectivity index (χ1n) is 15.2. The smallest absolute Gasteiger partial charge is 0.164 e. The molecule has 0 aliphatic heterocycles. The van der Waals surface area contributed by atoms with E-state index in [1.807, 2.05) is 48.5 Å². The Balaban J connectivity index is 1.20. The monoisotopic (exact) mass is 607 g/mol. The molecule has 0 aliphatic carbocycles. The van der Waals surface area contributed by atoms with Gasteiger partial charge in [0.2, 0.25) is 0 Å². The highest BCUT2D eigenvalue weighted by molar-refractivity contribution is 7.21. The molecular weight excluding hydrogens is 583 g/mol. The van der Waals surface area contributed by atoms with Crippen LogP contribution in [0.2, 0.25) is 0 Å². The van der Waals surface area contributed by atoms with E-state index < -0.39 is 0 Å². The summed E-state index contributed by atoms with van der Waals surface area (Å²) in [5.41, 5.74) is 8.17. The van der Waals surface area contributed by atoms with Crippen LogP contribution in [0.3, 0.4) is 0 Å². The van der Waals surface area contributed by atoms with E-state index in [4.69, 9.17) is 19.9 Å². The van der Waals surface area contributed by atoms with Crippen molar-refractivity contribution < 1.29 is 0 Å². The number of hydrogen-bond donors (Lipinski definition) is 0. The number of thiazole rings is 1. The molecule has 0 atom stereocenters. The van der Waals surface area contributed by atoms with Gasteiger partial charge >= 0.3 is 0 Å². The summed E-state index contributed by atoms with van der Waals surface area (Å²) in [6.45, 7) is 0. The maximum atomic E-state index is 5.06. The normalized spacial score (nSPS) is 11.5. The maximum absolute atomic E-state index is 5.06. The van der Waals surface area contributed by atoms with Gasteiger partial charge in [0.15, 0.2) is 17.5 Å². The molecule has 0 bridgehead atoms. The lowest BCUT2D eigenvalue weighted by Crippen LogP contribution is -2.01. The second-order valence-corrected chi connectivity index (χ2v) is 12.2. The minimum Gasteiger partial charge on any atom is -0.309 e. The van der Waals surface area contributed by atoms with Crippen LogP contribution >= 0.6 is 11.3 Å². The van der Waals surface area contributed by atoms with Crippen molar-refractivity contribution in [1.29, 1.82) is 0 Å². The van der Waals surface area contributed by atoms with E-state index >= 15 is 0 Å². The highest BCUT2D eigenvalue weighted by atomic mass is 32.1. The Morgan fingerprint density at radius 2 is 0.957 bits per heavy atom. The molecule has 3 aromatic heterocycles. The Hall–Kier alpha value is -5.98. The van der Waals surface area contributed by atoms with Gasteiger partial charge in [0, 0.05) is 38.7 Å². The molecule has 0 saturated heterocycles. The van der Waals surface area contributed by atoms with Gasteiger partial charge in [-0.25, -0.2) is 19.9 Å². The van der Waals surface area contributed by atoms with Gasteiger partial charge in [0.05, 0.1) is 21.3 Å². The molecule has 46 heavy (non-hydrogen) atoms.